The number of hydrogen-bond donors (Lipinski definition) is 0. The summed E-state index contributed by atoms with van der Waals surface area (Å²) in [6.45, 7) is 6.60. The summed E-state index contributed by atoms with van der Waals surface area (Å²) < 4.78 is 6.23. The predicted octanol–water partition coefficient (Wildman–Crippen LogP) is 4.14. The Morgan fingerprint density at radius 1 is 1.29 bits per heavy atom. The molecule has 0 aromatic heterocycles. The molecule has 1 aromatic carbocycles. The minimum Gasteiger partial charge on any atom is -0.465 e. The molecule has 0 saturated carbocycles. The summed E-state index contributed by atoms with van der Waals surface area (Å²) in [5.74, 6) is 0.435. The maximum Gasteiger partial charge on any atom is 0.306 e. The second-order valence-corrected chi connectivity index (χ2v) is 5.56. The highest BCUT2D eigenvalue weighted by Crippen LogP contribution is 2.27. The zero-order valence-corrected chi connectivity index (χ0v) is 12.2. The fourth-order valence-corrected chi connectivity index (χ4v) is 2.23. The van der Waals surface area contributed by atoms with Gasteiger partial charge in [-0.05, 0) is 23.5 Å². The summed E-state index contributed by atoms with van der Waals surface area (Å²) in [6.07, 6.45) is 0.426. The lowest BCUT2D eigenvalue weighted by Gasteiger charge is -2.13. The van der Waals surface area contributed by atoms with Gasteiger partial charge in [0.15, 0.2) is 0 Å². The van der Waals surface area contributed by atoms with E-state index >= 15 is 0 Å². The number of carbonyl (C=O) groups is 1. The van der Waals surface area contributed by atoms with Crippen LogP contribution in [0.2, 0.25) is 0 Å². The molecule has 0 N–H and O–H groups in total. The Hall–Kier alpha value is -0.830. The second kappa shape index (κ2) is 6.80. The van der Waals surface area contributed by atoms with E-state index in [1.165, 1.54) is 0 Å². The van der Waals surface area contributed by atoms with Crippen LogP contribution in [0.25, 0.3) is 0 Å². The summed E-state index contributed by atoms with van der Waals surface area (Å²) in [5.41, 5.74) is 1.15. The lowest BCUT2D eigenvalue weighted by atomic mass is 9.98. The van der Waals surface area contributed by atoms with Crippen LogP contribution in [0, 0.1) is 5.92 Å². The van der Waals surface area contributed by atoms with Gasteiger partial charge in [0, 0.05) is 4.47 Å². The molecule has 0 aliphatic heterocycles. The van der Waals surface area contributed by atoms with E-state index in [9.17, 15) is 4.79 Å². The molecule has 3 heteroatoms. The molecule has 17 heavy (non-hydrogen) atoms. The summed E-state index contributed by atoms with van der Waals surface area (Å²) in [6, 6.07) is 7.98. The van der Waals surface area contributed by atoms with Crippen LogP contribution in [-0.4, -0.2) is 12.6 Å². The Balaban J connectivity index is 2.52. The molecule has 0 aliphatic rings. The van der Waals surface area contributed by atoms with Crippen molar-refractivity contribution in [3.05, 3.63) is 34.3 Å². The normalized spacial score (nSPS) is 12.5. The number of halogens is 1. The first-order valence-electron chi connectivity index (χ1n) is 5.90. The molecule has 1 rings (SSSR count). The van der Waals surface area contributed by atoms with Gasteiger partial charge in [0.1, 0.15) is 0 Å². The Labute approximate surface area is 111 Å². The molecule has 0 aliphatic carbocycles. The summed E-state index contributed by atoms with van der Waals surface area (Å²) in [4.78, 5) is 11.6. The standard InChI is InChI=1S/C14H19BrO2/c1-10(2)9-17-14(16)8-11(3)12-6-4-5-7-13(12)15/h4-7,10-11H,8-9H2,1-3H3. The first-order chi connectivity index (χ1) is 8.00. The quantitative estimate of drug-likeness (QED) is 0.764. The average Bonchev–Trinajstić information content (AvgIpc) is 2.26. The SMILES string of the molecule is CC(C)COC(=O)CC(C)c1ccccc1Br. The van der Waals surface area contributed by atoms with Crippen molar-refractivity contribution in [1.29, 1.82) is 0 Å². The highest BCUT2D eigenvalue weighted by atomic mass is 79.9. The minimum absolute atomic E-state index is 0.123. The van der Waals surface area contributed by atoms with Crippen molar-refractivity contribution in [3.8, 4) is 0 Å². The van der Waals surface area contributed by atoms with Crippen molar-refractivity contribution in [2.24, 2.45) is 5.92 Å². The zero-order valence-electron chi connectivity index (χ0n) is 10.6. The molecule has 2 nitrogen and oxygen atoms in total. The second-order valence-electron chi connectivity index (χ2n) is 4.70. The third kappa shape index (κ3) is 4.90. The summed E-state index contributed by atoms with van der Waals surface area (Å²) in [5, 5.41) is 0. The van der Waals surface area contributed by atoms with E-state index in [4.69, 9.17) is 4.74 Å². The van der Waals surface area contributed by atoms with Crippen LogP contribution in [0.1, 0.15) is 38.7 Å². The van der Waals surface area contributed by atoms with Crippen molar-refractivity contribution in [1.82, 2.24) is 0 Å². The molecule has 0 heterocycles. The van der Waals surface area contributed by atoms with Crippen LogP contribution >= 0.6 is 15.9 Å². The van der Waals surface area contributed by atoms with Gasteiger partial charge in [0.05, 0.1) is 13.0 Å². The van der Waals surface area contributed by atoms with E-state index in [1.54, 1.807) is 0 Å². The van der Waals surface area contributed by atoms with Gasteiger partial charge in [-0.25, -0.2) is 0 Å². The molecule has 1 atom stereocenters. The van der Waals surface area contributed by atoms with Gasteiger partial charge in [0.2, 0.25) is 0 Å². The molecule has 1 aromatic rings. The van der Waals surface area contributed by atoms with Crippen molar-refractivity contribution in [3.63, 3.8) is 0 Å². The predicted molar refractivity (Wildman–Crippen MR) is 73.0 cm³/mol. The van der Waals surface area contributed by atoms with Gasteiger partial charge in [-0.1, -0.05) is 54.9 Å². The van der Waals surface area contributed by atoms with E-state index in [-0.39, 0.29) is 11.9 Å². The van der Waals surface area contributed by atoms with Gasteiger partial charge >= 0.3 is 5.97 Å². The summed E-state index contributed by atoms with van der Waals surface area (Å²) >= 11 is 3.50. The van der Waals surface area contributed by atoms with Crippen molar-refractivity contribution in [2.45, 2.75) is 33.1 Å². The minimum atomic E-state index is -0.123. The molecular formula is C14H19BrO2. The first kappa shape index (κ1) is 14.2. The van der Waals surface area contributed by atoms with Crippen LogP contribution in [-0.2, 0) is 9.53 Å². The zero-order chi connectivity index (χ0) is 12.8. The van der Waals surface area contributed by atoms with Crippen LogP contribution in [0.5, 0.6) is 0 Å². The topological polar surface area (TPSA) is 26.3 Å². The van der Waals surface area contributed by atoms with Gasteiger partial charge < -0.3 is 4.74 Å². The average molecular weight is 299 g/mol. The molecule has 0 radical (unpaired) electrons. The number of benzene rings is 1. The molecule has 1 unspecified atom stereocenters. The molecule has 0 fully saturated rings. The molecule has 0 amide bonds. The van der Waals surface area contributed by atoms with Gasteiger partial charge in [0.25, 0.3) is 0 Å². The monoisotopic (exact) mass is 298 g/mol. The van der Waals surface area contributed by atoms with Gasteiger partial charge in [-0.3, -0.25) is 4.79 Å². The van der Waals surface area contributed by atoms with Gasteiger partial charge in [-0.15, -0.1) is 0 Å². The number of esters is 1. The Morgan fingerprint density at radius 3 is 2.53 bits per heavy atom. The first-order valence-corrected chi connectivity index (χ1v) is 6.70. The maximum absolute atomic E-state index is 11.6. The number of hydrogen-bond acceptors (Lipinski definition) is 2. The van der Waals surface area contributed by atoms with E-state index in [0.717, 1.165) is 10.0 Å². The van der Waals surface area contributed by atoms with Crippen LogP contribution in [0.15, 0.2) is 28.7 Å². The van der Waals surface area contributed by atoms with Crippen molar-refractivity contribution >= 4 is 21.9 Å². The summed E-state index contributed by atoms with van der Waals surface area (Å²) in [7, 11) is 0. The van der Waals surface area contributed by atoms with Crippen LogP contribution in [0.4, 0.5) is 0 Å². The largest absolute Gasteiger partial charge is 0.465 e. The third-order valence-corrected chi connectivity index (χ3v) is 3.21. The Kier molecular flexibility index (Phi) is 5.69. The highest BCUT2D eigenvalue weighted by molar-refractivity contribution is 9.10. The molecular weight excluding hydrogens is 280 g/mol. The van der Waals surface area contributed by atoms with Gasteiger partial charge in [-0.2, -0.15) is 0 Å². The molecule has 0 spiro atoms. The van der Waals surface area contributed by atoms with E-state index in [1.807, 2.05) is 45.0 Å². The van der Waals surface area contributed by atoms with E-state index in [0.29, 0.717) is 18.9 Å². The fraction of sp³-hybridized carbons (Fsp3) is 0.500. The number of carbonyl (C=O) groups excluding carboxylic acids is 1. The lowest BCUT2D eigenvalue weighted by Crippen LogP contribution is -2.12. The van der Waals surface area contributed by atoms with Crippen molar-refractivity contribution in [2.75, 3.05) is 6.61 Å². The fourth-order valence-electron chi connectivity index (χ4n) is 1.55. The Morgan fingerprint density at radius 2 is 1.94 bits per heavy atom. The lowest BCUT2D eigenvalue weighted by molar-refractivity contribution is -0.145. The molecule has 94 valence electrons. The smallest absolute Gasteiger partial charge is 0.306 e. The van der Waals surface area contributed by atoms with E-state index in [2.05, 4.69) is 15.9 Å². The Bertz CT molecular complexity index is 374. The van der Waals surface area contributed by atoms with Crippen LogP contribution < -0.4 is 0 Å². The van der Waals surface area contributed by atoms with Crippen molar-refractivity contribution < 1.29 is 9.53 Å². The molecule has 0 bridgehead atoms. The highest BCUT2D eigenvalue weighted by Gasteiger charge is 2.14. The number of ether oxygens (including phenoxy) is 1. The molecule has 0 saturated heterocycles. The van der Waals surface area contributed by atoms with E-state index < -0.39 is 0 Å². The maximum atomic E-state index is 11.6. The number of rotatable bonds is 5. The third-order valence-electron chi connectivity index (χ3n) is 2.49. The van der Waals surface area contributed by atoms with Crippen LogP contribution in [0.3, 0.4) is 0 Å².